The lowest BCUT2D eigenvalue weighted by Crippen LogP contribution is -2.39. The van der Waals surface area contributed by atoms with Gasteiger partial charge < -0.3 is 9.52 Å². The van der Waals surface area contributed by atoms with Gasteiger partial charge in [0.15, 0.2) is 5.76 Å². The topological polar surface area (TPSA) is 54.4 Å². The highest BCUT2D eigenvalue weighted by Crippen LogP contribution is 2.41. The first-order valence-electron chi connectivity index (χ1n) is 9.28. The Bertz CT molecular complexity index is 914. The lowest BCUT2D eigenvalue weighted by Gasteiger charge is -2.35. The van der Waals surface area contributed by atoms with Gasteiger partial charge in [0, 0.05) is 37.3 Å². The molecule has 1 aromatic carbocycles. The largest absolute Gasteiger partial charge is 0.460 e. The lowest BCUT2D eigenvalue weighted by molar-refractivity contribution is -0.00435. The van der Waals surface area contributed by atoms with Crippen molar-refractivity contribution in [2.75, 3.05) is 13.1 Å². The molecule has 1 saturated heterocycles. The molecule has 5 rings (SSSR count). The van der Waals surface area contributed by atoms with Crippen molar-refractivity contribution >= 4 is 0 Å². The SMILES string of the molecule is Cc1ccc(-c2nn(-c3ccccc3)cc2CN2C[C@H]3C[C@H](O)[C@H]3C2)o1. The highest BCUT2D eigenvalue weighted by Gasteiger charge is 2.46. The van der Waals surface area contributed by atoms with E-state index in [9.17, 15) is 5.11 Å². The summed E-state index contributed by atoms with van der Waals surface area (Å²) < 4.78 is 7.79. The van der Waals surface area contributed by atoms with Gasteiger partial charge in [0.25, 0.3) is 0 Å². The summed E-state index contributed by atoms with van der Waals surface area (Å²) in [6.45, 7) is 4.83. The molecule has 1 aliphatic heterocycles. The highest BCUT2D eigenvalue weighted by molar-refractivity contribution is 5.58. The summed E-state index contributed by atoms with van der Waals surface area (Å²) in [7, 11) is 0. The van der Waals surface area contributed by atoms with Gasteiger partial charge in [-0.25, -0.2) is 4.68 Å². The molecule has 0 bridgehead atoms. The standard InChI is InChI=1S/C21H23N3O2/c1-14-7-8-20(26-14)21-16(11-23-10-15-9-19(25)18(15)13-23)12-24(22-21)17-5-3-2-4-6-17/h2-8,12,15,18-19,25H,9-11,13H2,1H3/t15-,18+,19+/m1/s1. The van der Waals surface area contributed by atoms with E-state index in [0.29, 0.717) is 11.8 Å². The van der Waals surface area contributed by atoms with Gasteiger partial charge in [-0.3, -0.25) is 4.90 Å². The molecule has 1 saturated carbocycles. The molecule has 26 heavy (non-hydrogen) atoms. The Kier molecular flexibility index (Phi) is 3.72. The van der Waals surface area contributed by atoms with Gasteiger partial charge >= 0.3 is 0 Å². The summed E-state index contributed by atoms with van der Waals surface area (Å²) in [6.07, 6.45) is 2.96. The molecule has 2 aromatic heterocycles. The number of aromatic nitrogens is 2. The number of fused-ring (bicyclic) bond motifs is 1. The minimum Gasteiger partial charge on any atom is -0.460 e. The van der Waals surface area contributed by atoms with E-state index in [1.54, 1.807) is 0 Å². The molecule has 5 nitrogen and oxygen atoms in total. The zero-order valence-electron chi connectivity index (χ0n) is 14.9. The second kappa shape index (κ2) is 6.11. The number of nitrogens with zero attached hydrogens (tertiary/aromatic N) is 3. The van der Waals surface area contributed by atoms with E-state index >= 15 is 0 Å². The first-order chi connectivity index (χ1) is 12.7. The van der Waals surface area contributed by atoms with Crippen molar-refractivity contribution in [3.63, 3.8) is 0 Å². The predicted molar refractivity (Wildman–Crippen MR) is 98.9 cm³/mol. The Morgan fingerprint density at radius 3 is 2.69 bits per heavy atom. The Morgan fingerprint density at radius 2 is 2.00 bits per heavy atom. The molecule has 0 radical (unpaired) electrons. The van der Waals surface area contributed by atoms with Crippen molar-refractivity contribution in [3.05, 3.63) is 60.0 Å². The number of para-hydroxylation sites is 1. The number of rotatable bonds is 4. The van der Waals surface area contributed by atoms with E-state index in [0.717, 1.165) is 49.0 Å². The first-order valence-corrected chi connectivity index (χ1v) is 9.28. The maximum atomic E-state index is 9.93. The second-order valence-electron chi connectivity index (χ2n) is 7.61. The third kappa shape index (κ3) is 2.68. The maximum absolute atomic E-state index is 9.93. The Labute approximate surface area is 152 Å². The average Bonchev–Trinajstić information content (AvgIpc) is 3.33. The fourth-order valence-corrected chi connectivity index (χ4v) is 4.34. The van der Waals surface area contributed by atoms with E-state index in [1.807, 2.05) is 41.9 Å². The fourth-order valence-electron chi connectivity index (χ4n) is 4.34. The van der Waals surface area contributed by atoms with Crippen LogP contribution in [0.2, 0.25) is 0 Å². The van der Waals surface area contributed by atoms with Crippen LogP contribution in [-0.2, 0) is 6.54 Å². The average molecular weight is 349 g/mol. The molecule has 2 fully saturated rings. The molecule has 0 unspecified atom stereocenters. The van der Waals surface area contributed by atoms with Crippen LogP contribution >= 0.6 is 0 Å². The van der Waals surface area contributed by atoms with E-state index in [1.165, 1.54) is 5.56 Å². The molecular formula is C21H23N3O2. The Hall–Kier alpha value is -2.37. The van der Waals surface area contributed by atoms with Gasteiger partial charge in [-0.1, -0.05) is 18.2 Å². The molecule has 0 spiro atoms. The summed E-state index contributed by atoms with van der Waals surface area (Å²) in [5.74, 6) is 2.81. The van der Waals surface area contributed by atoms with Crippen molar-refractivity contribution in [2.24, 2.45) is 11.8 Å². The van der Waals surface area contributed by atoms with Crippen molar-refractivity contribution in [1.82, 2.24) is 14.7 Å². The molecule has 2 aliphatic rings. The molecule has 5 heteroatoms. The molecular weight excluding hydrogens is 326 g/mol. The Morgan fingerprint density at radius 1 is 1.15 bits per heavy atom. The van der Waals surface area contributed by atoms with Gasteiger partial charge in [0.1, 0.15) is 11.5 Å². The zero-order valence-corrected chi connectivity index (χ0v) is 14.9. The van der Waals surface area contributed by atoms with Gasteiger partial charge in [0.05, 0.1) is 11.8 Å². The monoisotopic (exact) mass is 349 g/mol. The van der Waals surface area contributed by atoms with Gasteiger partial charge in [0.2, 0.25) is 0 Å². The van der Waals surface area contributed by atoms with Crippen LogP contribution in [0.3, 0.4) is 0 Å². The van der Waals surface area contributed by atoms with E-state index < -0.39 is 0 Å². The minimum atomic E-state index is -0.107. The number of furan rings is 1. The zero-order chi connectivity index (χ0) is 17.7. The van der Waals surface area contributed by atoms with Crippen LogP contribution in [0.1, 0.15) is 17.7 Å². The summed E-state index contributed by atoms with van der Waals surface area (Å²) in [4.78, 5) is 2.44. The van der Waals surface area contributed by atoms with Crippen LogP contribution in [0, 0.1) is 18.8 Å². The number of hydrogen-bond acceptors (Lipinski definition) is 4. The summed E-state index contributed by atoms with van der Waals surface area (Å²) >= 11 is 0. The van der Waals surface area contributed by atoms with E-state index in [-0.39, 0.29) is 6.10 Å². The predicted octanol–water partition coefficient (Wildman–Crippen LogP) is 3.25. The van der Waals surface area contributed by atoms with Crippen LogP contribution in [0.25, 0.3) is 17.1 Å². The summed E-state index contributed by atoms with van der Waals surface area (Å²) in [6, 6.07) is 14.1. The molecule has 1 aliphatic carbocycles. The first kappa shape index (κ1) is 15.9. The van der Waals surface area contributed by atoms with Crippen molar-refractivity contribution in [3.8, 4) is 17.1 Å². The van der Waals surface area contributed by atoms with Crippen LogP contribution in [0.15, 0.2) is 53.1 Å². The molecule has 3 aromatic rings. The molecule has 0 amide bonds. The third-order valence-corrected chi connectivity index (χ3v) is 5.78. The smallest absolute Gasteiger partial charge is 0.154 e. The number of benzene rings is 1. The van der Waals surface area contributed by atoms with Crippen LogP contribution < -0.4 is 0 Å². The quantitative estimate of drug-likeness (QED) is 0.786. The van der Waals surface area contributed by atoms with Gasteiger partial charge in [-0.15, -0.1) is 0 Å². The summed E-state index contributed by atoms with van der Waals surface area (Å²) in [5, 5.41) is 14.8. The summed E-state index contributed by atoms with van der Waals surface area (Å²) in [5.41, 5.74) is 3.11. The third-order valence-electron chi connectivity index (χ3n) is 5.78. The maximum Gasteiger partial charge on any atom is 0.154 e. The van der Waals surface area contributed by atoms with Crippen LogP contribution in [0.5, 0.6) is 0 Å². The lowest BCUT2D eigenvalue weighted by atomic mass is 9.74. The van der Waals surface area contributed by atoms with Gasteiger partial charge in [-0.05, 0) is 43.5 Å². The number of aliphatic hydroxyl groups is 1. The number of aryl methyl sites for hydroxylation is 1. The Balaban J connectivity index is 1.48. The highest BCUT2D eigenvalue weighted by atomic mass is 16.3. The molecule has 134 valence electrons. The van der Waals surface area contributed by atoms with Crippen LogP contribution in [-0.4, -0.2) is 39.0 Å². The fraction of sp³-hybridized carbons (Fsp3) is 0.381. The molecule has 1 N–H and O–H groups in total. The normalized spacial score (nSPS) is 25.2. The van der Waals surface area contributed by atoms with Crippen molar-refractivity contribution in [1.29, 1.82) is 0 Å². The van der Waals surface area contributed by atoms with Crippen molar-refractivity contribution < 1.29 is 9.52 Å². The minimum absolute atomic E-state index is 0.107. The molecule has 3 heterocycles. The van der Waals surface area contributed by atoms with E-state index in [4.69, 9.17) is 9.52 Å². The second-order valence-corrected chi connectivity index (χ2v) is 7.61. The van der Waals surface area contributed by atoms with Crippen molar-refractivity contribution in [2.45, 2.75) is 26.0 Å². The number of likely N-dealkylation sites (tertiary alicyclic amines) is 1. The number of hydrogen-bond donors (Lipinski definition) is 1. The van der Waals surface area contributed by atoms with Gasteiger partial charge in [-0.2, -0.15) is 5.10 Å². The number of aliphatic hydroxyl groups excluding tert-OH is 1. The molecule has 3 atom stereocenters. The van der Waals surface area contributed by atoms with E-state index in [2.05, 4.69) is 23.2 Å². The van der Waals surface area contributed by atoms with Crippen LogP contribution in [0.4, 0.5) is 0 Å².